The minimum absolute atomic E-state index is 0.214. The van der Waals surface area contributed by atoms with Gasteiger partial charge >= 0.3 is 0 Å². The smallest absolute Gasteiger partial charge is 0.105 e. The Bertz CT molecular complexity index is 282. The highest BCUT2D eigenvalue weighted by Crippen LogP contribution is 2.15. The minimum atomic E-state index is 0.214. The molecule has 1 aromatic heterocycles. The van der Waals surface area contributed by atoms with E-state index in [0.29, 0.717) is 12.0 Å². The fraction of sp³-hybridized carbons (Fsp3) is 0.714. The lowest BCUT2D eigenvalue weighted by Gasteiger charge is -2.29. The molecule has 1 rings (SSSR count). The summed E-state index contributed by atoms with van der Waals surface area (Å²) in [6, 6.07) is 4.27. The van der Waals surface area contributed by atoms with E-state index in [1.54, 1.807) is 13.4 Å². The first-order valence-corrected chi connectivity index (χ1v) is 6.47. The van der Waals surface area contributed by atoms with Gasteiger partial charge in [-0.3, -0.25) is 0 Å². The minimum Gasteiger partial charge on any atom is -0.469 e. The fourth-order valence-electron chi connectivity index (χ4n) is 2.18. The highest BCUT2D eigenvalue weighted by atomic mass is 16.5. The predicted molar refractivity (Wildman–Crippen MR) is 70.1 cm³/mol. The van der Waals surface area contributed by atoms with Crippen molar-refractivity contribution in [2.75, 3.05) is 13.7 Å². The SMILES string of the molecule is CCCNC(Cc1ccco1)C(OC)C(C)C. The van der Waals surface area contributed by atoms with E-state index in [2.05, 4.69) is 26.1 Å². The molecule has 0 aliphatic heterocycles. The van der Waals surface area contributed by atoms with Gasteiger partial charge in [-0.05, 0) is 31.0 Å². The number of ether oxygens (including phenoxy) is 1. The zero-order chi connectivity index (χ0) is 12.7. The van der Waals surface area contributed by atoms with Gasteiger partial charge in [0.2, 0.25) is 0 Å². The molecule has 0 aromatic carbocycles. The Morgan fingerprint density at radius 3 is 2.65 bits per heavy atom. The maximum Gasteiger partial charge on any atom is 0.105 e. The van der Waals surface area contributed by atoms with Crippen LogP contribution < -0.4 is 5.32 Å². The van der Waals surface area contributed by atoms with Gasteiger partial charge in [0, 0.05) is 19.6 Å². The van der Waals surface area contributed by atoms with Gasteiger partial charge in [0.1, 0.15) is 5.76 Å². The van der Waals surface area contributed by atoms with Crippen LogP contribution in [0.2, 0.25) is 0 Å². The molecular formula is C14H25NO2. The summed E-state index contributed by atoms with van der Waals surface area (Å²) in [4.78, 5) is 0. The molecule has 0 spiro atoms. The van der Waals surface area contributed by atoms with Gasteiger partial charge < -0.3 is 14.5 Å². The molecule has 0 fully saturated rings. The molecule has 0 bridgehead atoms. The first-order chi connectivity index (χ1) is 8.19. The van der Waals surface area contributed by atoms with Gasteiger partial charge in [0.25, 0.3) is 0 Å². The molecule has 1 aromatic rings. The molecule has 1 heterocycles. The highest BCUT2D eigenvalue weighted by Gasteiger charge is 2.24. The third kappa shape index (κ3) is 4.52. The third-order valence-electron chi connectivity index (χ3n) is 2.98. The summed E-state index contributed by atoms with van der Waals surface area (Å²) in [5.41, 5.74) is 0. The summed E-state index contributed by atoms with van der Waals surface area (Å²) in [6.07, 6.45) is 3.95. The fourth-order valence-corrected chi connectivity index (χ4v) is 2.18. The summed E-state index contributed by atoms with van der Waals surface area (Å²) in [5.74, 6) is 1.51. The molecule has 17 heavy (non-hydrogen) atoms. The Balaban J connectivity index is 2.64. The molecule has 0 aliphatic carbocycles. The van der Waals surface area contributed by atoms with Crippen LogP contribution in [0, 0.1) is 5.92 Å². The first-order valence-electron chi connectivity index (χ1n) is 6.47. The Hall–Kier alpha value is -0.800. The van der Waals surface area contributed by atoms with E-state index in [1.807, 2.05) is 12.1 Å². The number of rotatable bonds is 8. The topological polar surface area (TPSA) is 34.4 Å². The van der Waals surface area contributed by atoms with Crippen molar-refractivity contribution in [3.05, 3.63) is 24.2 Å². The zero-order valence-corrected chi connectivity index (χ0v) is 11.4. The zero-order valence-electron chi connectivity index (χ0n) is 11.4. The summed E-state index contributed by atoms with van der Waals surface area (Å²) in [5, 5.41) is 3.56. The molecule has 1 N–H and O–H groups in total. The quantitative estimate of drug-likeness (QED) is 0.757. The van der Waals surface area contributed by atoms with E-state index >= 15 is 0 Å². The normalized spacial score (nSPS) is 15.1. The van der Waals surface area contributed by atoms with E-state index in [-0.39, 0.29) is 6.10 Å². The second-order valence-corrected chi connectivity index (χ2v) is 4.79. The molecule has 3 heteroatoms. The van der Waals surface area contributed by atoms with Crippen molar-refractivity contribution >= 4 is 0 Å². The lowest BCUT2D eigenvalue weighted by molar-refractivity contribution is 0.0319. The van der Waals surface area contributed by atoms with Crippen molar-refractivity contribution in [2.45, 2.75) is 45.8 Å². The van der Waals surface area contributed by atoms with Crippen LogP contribution >= 0.6 is 0 Å². The average Bonchev–Trinajstić information content (AvgIpc) is 2.78. The van der Waals surface area contributed by atoms with Crippen LogP contribution in [0.15, 0.2) is 22.8 Å². The molecule has 3 nitrogen and oxygen atoms in total. The molecule has 2 unspecified atom stereocenters. The van der Waals surface area contributed by atoms with Crippen molar-refractivity contribution < 1.29 is 9.15 Å². The van der Waals surface area contributed by atoms with E-state index in [0.717, 1.165) is 25.1 Å². The Labute approximate surface area is 105 Å². The van der Waals surface area contributed by atoms with Gasteiger partial charge in [-0.15, -0.1) is 0 Å². The predicted octanol–water partition coefficient (Wildman–Crippen LogP) is 2.86. The van der Waals surface area contributed by atoms with Crippen molar-refractivity contribution in [1.82, 2.24) is 5.32 Å². The largest absolute Gasteiger partial charge is 0.469 e. The summed E-state index contributed by atoms with van der Waals surface area (Å²) in [6.45, 7) is 7.57. The monoisotopic (exact) mass is 239 g/mol. The molecule has 0 aliphatic rings. The molecular weight excluding hydrogens is 214 g/mol. The maximum atomic E-state index is 5.62. The van der Waals surface area contributed by atoms with Gasteiger partial charge in [-0.1, -0.05) is 20.8 Å². The second-order valence-electron chi connectivity index (χ2n) is 4.79. The number of methoxy groups -OCH3 is 1. The summed E-state index contributed by atoms with van der Waals surface area (Å²) >= 11 is 0. The number of hydrogen-bond acceptors (Lipinski definition) is 3. The van der Waals surface area contributed by atoms with Crippen LogP contribution in [0.5, 0.6) is 0 Å². The number of furan rings is 1. The van der Waals surface area contributed by atoms with Crippen LogP contribution in [0.3, 0.4) is 0 Å². The van der Waals surface area contributed by atoms with E-state index < -0.39 is 0 Å². The van der Waals surface area contributed by atoms with Crippen LogP contribution in [-0.4, -0.2) is 25.8 Å². The summed E-state index contributed by atoms with van der Waals surface area (Å²) in [7, 11) is 1.79. The van der Waals surface area contributed by atoms with E-state index in [9.17, 15) is 0 Å². The van der Waals surface area contributed by atoms with Crippen molar-refractivity contribution in [3.8, 4) is 0 Å². The standard InChI is InChI=1S/C14H25NO2/c1-5-8-15-13(14(16-4)11(2)3)10-12-7-6-9-17-12/h6-7,9,11,13-15H,5,8,10H2,1-4H3. The molecule has 98 valence electrons. The second kappa shape index (κ2) is 7.51. The van der Waals surface area contributed by atoms with E-state index in [4.69, 9.17) is 9.15 Å². The first kappa shape index (κ1) is 14.3. The Morgan fingerprint density at radius 1 is 1.41 bits per heavy atom. The van der Waals surface area contributed by atoms with Gasteiger partial charge in [-0.25, -0.2) is 0 Å². The molecule has 0 saturated heterocycles. The third-order valence-corrected chi connectivity index (χ3v) is 2.98. The molecule has 0 amide bonds. The van der Waals surface area contributed by atoms with E-state index in [1.165, 1.54) is 0 Å². The maximum absolute atomic E-state index is 5.62. The van der Waals surface area contributed by atoms with Crippen LogP contribution in [0.1, 0.15) is 33.0 Å². The van der Waals surface area contributed by atoms with Crippen LogP contribution in [-0.2, 0) is 11.2 Å². The lowest BCUT2D eigenvalue weighted by atomic mass is 9.96. The lowest BCUT2D eigenvalue weighted by Crippen LogP contribution is -2.45. The summed E-state index contributed by atoms with van der Waals surface area (Å²) < 4.78 is 11.0. The Kier molecular flexibility index (Phi) is 6.30. The Morgan fingerprint density at radius 2 is 2.18 bits per heavy atom. The number of hydrogen-bond donors (Lipinski definition) is 1. The molecule has 0 saturated carbocycles. The van der Waals surface area contributed by atoms with Gasteiger partial charge in [-0.2, -0.15) is 0 Å². The van der Waals surface area contributed by atoms with Crippen molar-refractivity contribution in [3.63, 3.8) is 0 Å². The van der Waals surface area contributed by atoms with Gasteiger partial charge in [0.15, 0.2) is 0 Å². The van der Waals surface area contributed by atoms with Crippen molar-refractivity contribution in [1.29, 1.82) is 0 Å². The van der Waals surface area contributed by atoms with Gasteiger partial charge in [0.05, 0.1) is 12.4 Å². The van der Waals surface area contributed by atoms with Crippen molar-refractivity contribution in [2.24, 2.45) is 5.92 Å². The van der Waals surface area contributed by atoms with Crippen LogP contribution in [0.25, 0.3) is 0 Å². The molecule has 2 atom stereocenters. The molecule has 0 radical (unpaired) electrons. The van der Waals surface area contributed by atoms with Crippen LogP contribution in [0.4, 0.5) is 0 Å². The number of nitrogens with one attached hydrogen (secondary N) is 1. The highest BCUT2D eigenvalue weighted by molar-refractivity contribution is 5.02. The average molecular weight is 239 g/mol.